The molecule has 0 atom stereocenters. The van der Waals surface area contributed by atoms with Gasteiger partial charge in [-0.25, -0.2) is 4.98 Å². The largest absolute Gasteiger partial charge is 0.497 e. The lowest BCUT2D eigenvalue weighted by Gasteiger charge is -2.19. The van der Waals surface area contributed by atoms with E-state index in [9.17, 15) is 9.59 Å². The van der Waals surface area contributed by atoms with Crippen molar-refractivity contribution >= 4 is 50.3 Å². The standard InChI is InChI=1S/C31H32N6O4S2/c1-31(2,3)20-12-10-19(11-13-20)28(39)32-17-26-35-36-30(37(26)23-16-21(40-4)14-15-24(23)41-5)42-18-27(38)34-29-33-22-8-6-7-9-25(22)43-29/h6-16H,17-18H2,1-5H3,(H,32,39)(H,33,34,38). The second-order valence-corrected chi connectivity index (χ2v) is 12.6. The molecule has 5 rings (SSSR count). The Hall–Kier alpha value is -4.42. The van der Waals surface area contributed by atoms with Gasteiger partial charge in [-0.05, 0) is 47.4 Å². The van der Waals surface area contributed by atoms with Crippen LogP contribution in [0, 0.1) is 0 Å². The van der Waals surface area contributed by atoms with Crippen molar-refractivity contribution in [2.45, 2.75) is 37.9 Å². The molecule has 222 valence electrons. The number of fused-ring (bicyclic) bond motifs is 1. The summed E-state index contributed by atoms with van der Waals surface area (Å²) in [6, 6.07) is 20.6. The highest BCUT2D eigenvalue weighted by Gasteiger charge is 2.21. The minimum atomic E-state index is -0.239. The summed E-state index contributed by atoms with van der Waals surface area (Å²) < 4.78 is 13.8. The van der Waals surface area contributed by atoms with E-state index in [0.717, 1.165) is 15.8 Å². The van der Waals surface area contributed by atoms with Crippen LogP contribution < -0.4 is 20.1 Å². The highest BCUT2D eigenvalue weighted by atomic mass is 32.2. The molecule has 2 amide bonds. The summed E-state index contributed by atoms with van der Waals surface area (Å²) in [4.78, 5) is 30.4. The smallest absolute Gasteiger partial charge is 0.251 e. The number of thiazole rings is 1. The van der Waals surface area contributed by atoms with E-state index in [1.807, 2.05) is 48.5 Å². The first-order valence-corrected chi connectivity index (χ1v) is 15.3. The zero-order chi connectivity index (χ0) is 30.6. The molecule has 0 bridgehead atoms. The topological polar surface area (TPSA) is 120 Å². The Kier molecular flexibility index (Phi) is 8.97. The van der Waals surface area contributed by atoms with Gasteiger partial charge in [-0.2, -0.15) is 0 Å². The highest BCUT2D eigenvalue weighted by molar-refractivity contribution is 7.99. The number of hydrogen-bond donors (Lipinski definition) is 2. The van der Waals surface area contributed by atoms with Crippen molar-refractivity contribution in [2.24, 2.45) is 0 Å². The Morgan fingerprint density at radius 3 is 2.44 bits per heavy atom. The first kappa shape index (κ1) is 30.1. The molecule has 0 aliphatic carbocycles. The second-order valence-electron chi connectivity index (χ2n) is 10.6. The average molecular weight is 617 g/mol. The fourth-order valence-electron chi connectivity index (χ4n) is 4.32. The number of rotatable bonds is 10. The lowest BCUT2D eigenvalue weighted by atomic mass is 9.87. The van der Waals surface area contributed by atoms with E-state index in [4.69, 9.17) is 9.47 Å². The van der Waals surface area contributed by atoms with Gasteiger partial charge in [-0.3, -0.25) is 14.2 Å². The summed E-state index contributed by atoms with van der Waals surface area (Å²) in [5.41, 5.74) is 3.11. The maximum Gasteiger partial charge on any atom is 0.251 e. The van der Waals surface area contributed by atoms with Crippen LogP contribution >= 0.6 is 23.1 Å². The fourth-order valence-corrected chi connectivity index (χ4v) is 5.96. The Balaban J connectivity index is 1.36. The van der Waals surface area contributed by atoms with Gasteiger partial charge in [0.25, 0.3) is 5.91 Å². The maximum atomic E-state index is 13.0. The summed E-state index contributed by atoms with van der Waals surface area (Å²) in [5.74, 6) is 1.20. The molecule has 10 nitrogen and oxygen atoms in total. The molecule has 0 unspecified atom stereocenters. The minimum Gasteiger partial charge on any atom is -0.497 e. The van der Waals surface area contributed by atoms with E-state index in [1.165, 1.54) is 23.1 Å². The van der Waals surface area contributed by atoms with Crippen molar-refractivity contribution in [3.05, 3.63) is 83.7 Å². The van der Waals surface area contributed by atoms with Crippen molar-refractivity contribution in [1.82, 2.24) is 25.1 Å². The van der Waals surface area contributed by atoms with Crippen LogP contribution in [-0.4, -0.2) is 51.5 Å². The molecule has 0 aliphatic heterocycles. The van der Waals surface area contributed by atoms with Crippen LogP contribution in [0.2, 0.25) is 0 Å². The molecular formula is C31H32N6O4S2. The lowest BCUT2D eigenvalue weighted by molar-refractivity contribution is -0.113. The van der Waals surface area contributed by atoms with E-state index >= 15 is 0 Å². The molecule has 2 heterocycles. The van der Waals surface area contributed by atoms with Gasteiger partial charge in [0.05, 0.1) is 42.4 Å². The number of methoxy groups -OCH3 is 2. The van der Waals surface area contributed by atoms with Crippen LogP contribution in [0.15, 0.2) is 71.9 Å². The number of thioether (sulfide) groups is 1. The Morgan fingerprint density at radius 2 is 1.74 bits per heavy atom. The molecule has 2 N–H and O–H groups in total. The van der Waals surface area contributed by atoms with Crippen molar-refractivity contribution in [3.8, 4) is 17.2 Å². The molecule has 0 fully saturated rings. The lowest BCUT2D eigenvalue weighted by Crippen LogP contribution is -2.25. The summed E-state index contributed by atoms with van der Waals surface area (Å²) in [7, 11) is 3.14. The van der Waals surface area contributed by atoms with Gasteiger partial charge in [0.1, 0.15) is 11.5 Å². The predicted octanol–water partition coefficient (Wildman–Crippen LogP) is 5.85. The number of anilines is 1. The van der Waals surface area contributed by atoms with Gasteiger partial charge in [0.2, 0.25) is 5.91 Å². The van der Waals surface area contributed by atoms with E-state index in [1.54, 1.807) is 37.0 Å². The number of carbonyl (C=O) groups excluding carboxylic acids is 2. The molecule has 12 heteroatoms. The molecule has 2 aromatic heterocycles. The van der Waals surface area contributed by atoms with Crippen LogP contribution in [0.1, 0.15) is 42.5 Å². The third-order valence-electron chi connectivity index (χ3n) is 6.62. The Labute approximate surface area is 257 Å². The third-order valence-corrected chi connectivity index (χ3v) is 8.50. The number of para-hydroxylation sites is 1. The van der Waals surface area contributed by atoms with Gasteiger partial charge in [0, 0.05) is 11.6 Å². The monoisotopic (exact) mass is 616 g/mol. The van der Waals surface area contributed by atoms with E-state index in [-0.39, 0.29) is 29.5 Å². The van der Waals surface area contributed by atoms with E-state index in [0.29, 0.717) is 38.9 Å². The maximum absolute atomic E-state index is 13.0. The van der Waals surface area contributed by atoms with E-state index < -0.39 is 0 Å². The number of carbonyl (C=O) groups is 2. The number of hydrogen-bond acceptors (Lipinski definition) is 9. The van der Waals surface area contributed by atoms with E-state index in [2.05, 4.69) is 46.6 Å². The van der Waals surface area contributed by atoms with Crippen LogP contribution in [0.5, 0.6) is 11.5 Å². The van der Waals surface area contributed by atoms with Crippen LogP contribution in [0.25, 0.3) is 15.9 Å². The zero-order valence-corrected chi connectivity index (χ0v) is 26.1. The van der Waals surface area contributed by atoms with Crippen molar-refractivity contribution in [1.29, 1.82) is 0 Å². The Morgan fingerprint density at radius 1 is 0.977 bits per heavy atom. The molecule has 5 aromatic rings. The number of nitrogens with zero attached hydrogens (tertiary/aromatic N) is 4. The van der Waals surface area contributed by atoms with Gasteiger partial charge < -0.3 is 20.1 Å². The molecule has 3 aromatic carbocycles. The van der Waals surface area contributed by atoms with Crippen LogP contribution in [-0.2, 0) is 16.8 Å². The fraction of sp³-hybridized carbons (Fsp3) is 0.258. The minimum absolute atomic E-state index is 0.0133. The first-order valence-electron chi connectivity index (χ1n) is 13.5. The van der Waals surface area contributed by atoms with Crippen molar-refractivity contribution in [2.75, 3.05) is 25.3 Å². The van der Waals surface area contributed by atoms with Crippen LogP contribution in [0.3, 0.4) is 0 Å². The molecule has 0 spiro atoms. The van der Waals surface area contributed by atoms with Gasteiger partial charge in [0.15, 0.2) is 16.1 Å². The number of aromatic nitrogens is 4. The quantitative estimate of drug-likeness (QED) is 0.188. The van der Waals surface area contributed by atoms with Crippen LogP contribution in [0.4, 0.5) is 5.13 Å². The van der Waals surface area contributed by atoms with Crippen molar-refractivity contribution in [3.63, 3.8) is 0 Å². The summed E-state index contributed by atoms with van der Waals surface area (Å²) in [5, 5.41) is 15.5. The highest BCUT2D eigenvalue weighted by Crippen LogP contribution is 2.32. The molecule has 0 saturated heterocycles. The van der Waals surface area contributed by atoms with Gasteiger partial charge >= 0.3 is 0 Å². The van der Waals surface area contributed by atoms with Gasteiger partial charge in [-0.15, -0.1) is 10.2 Å². The molecule has 0 saturated carbocycles. The molecular weight excluding hydrogens is 585 g/mol. The normalized spacial score (nSPS) is 11.4. The Bertz CT molecular complexity index is 1730. The number of amides is 2. The summed E-state index contributed by atoms with van der Waals surface area (Å²) in [6.07, 6.45) is 0. The number of benzene rings is 3. The third kappa shape index (κ3) is 6.98. The predicted molar refractivity (Wildman–Crippen MR) is 170 cm³/mol. The number of ether oxygens (including phenoxy) is 2. The molecule has 43 heavy (non-hydrogen) atoms. The first-order chi connectivity index (χ1) is 20.7. The second kappa shape index (κ2) is 12.8. The SMILES string of the molecule is COc1ccc(OC)c(-n2c(CNC(=O)c3ccc(C(C)(C)C)cc3)nnc2SCC(=O)Nc2nc3ccccc3s2)c1. The molecule has 0 radical (unpaired) electrons. The zero-order valence-electron chi connectivity index (χ0n) is 24.5. The summed E-state index contributed by atoms with van der Waals surface area (Å²) in [6.45, 7) is 6.47. The molecule has 0 aliphatic rings. The van der Waals surface area contributed by atoms with Gasteiger partial charge in [-0.1, -0.05) is 68.1 Å². The summed E-state index contributed by atoms with van der Waals surface area (Å²) >= 11 is 2.62. The number of nitrogens with one attached hydrogen (secondary N) is 2. The average Bonchev–Trinajstić information content (AvgIpc) is 3.61. The van der Waals surface area contributed by atoms with Crippen molar-refractivity contribution < 1.29 is 19.1 Å².